The van der Waals surface area contributed by atoms with Crippen LogP contribution in [0, 0.1) is 0 Å². The lowest BCUT2D eigenvalue weighted by Gasteiger charge is -2.04. The first kappa shape index (κ1) is 15.4. The van der Waals surface area contributed by atoms with Crippen LogP contribution in [0.4, 0.5) is 0 Å². The Bertz CT molecular complexity index is 666. The van der Waals surface area contributed by atoms with Gasteiger partial charge in [0.05, 0.1) is 5.75 Å². The molecule has 0 aromatic heterocycles. The summed E-state index contributed by atoms with van der Waals surface area (Å²) < 4.78 is 0. The molecule has 2 rings (SSSR count). The predicted octanol–water partition coefficient (Wildman–Crippen LogP) is 3.46. The molecule has 4 nitrogen and oxygen atoms in total. The van der Waals surface area contributed by atoms with Crippen LogP contribution in [0.1, 0.15) is 19.3 Å². The number of rotatable bonds is 7. The summed E-state index contributed by atoms with van der Waals surface area (Å²) in [5.41, 5.74) is 0. The molecule has 2 aromatic rings. The van der Waals surface area contributed by atoms with E-state index in [4.69, 9.17) is 5.11 Å². The van der Waals surface area contributed by atoms with Crippen LogP contribution in [-0.4, -0.2) is 27.7 Å². The van der Waals surface area contributed by atoms with E-state index in [0.29, 0.717) is 18.6 Å². The van der Waals surface area contributed by atoms with E-state index >= 15 is 0 Å². The van der Waals surface area contributed by atoms with Gasteiger partial charge in [-0.2, -0.15) is 0 Å². The van der Waals surface area contributed by atoms with Crippen molar-refractivity contribution in [3.05, 3.63) is 36.4 Å². The van der Waals surface area contributed by atoms with Gasteiger partial charge in [0.2, 0.25) is 0 Å². The van der Waals surface area contributed by atoms with Gasteiger partial charge >= 0.3 is 5.97 Å². The third-order valence-corrected chi connectivity index (χ3v) is 4.09. The number of aromatic hydroxyl groups is 1. The standard InChI is InChI=1S/C16H16O4S/c17-13-6-4-12-9-15(7-5-11(12)8-13)21-10-14(18)2-1-3-16(19)20/h4-9,17H,1-3,10H2,(H,19,20). The molecule has 0 fully saturated rings. The molecule has 5 heteroatoms. The van der Waals surface area contributed by atoms with Gasteiger partial charge in [-0.25, -0.2) is 0 Å². The molecule has 110 valence electrons. The summed E-state index contributed by atoms with van der Waals surface area (Å²) in [5.74, 6) is -0.222. The van der Waals surface area contributed by atoms with Gasteiger partial charge in [0.25, 0.3) is 0 Å². The average Bonchev–Trinajstić information content (AvgIpc) is 2.44. The Hall–Kier alpha value is -2.01. The van der Waals surface area contributed by atoms with E-state index in [1.54, 1.807) is 12.1 Å². The molecular weight excluding hydrogens is 288 g/mol. The second-order valence-corrected chi connectivity index (χ2v) is 5.82. The Morgan fingerprint density at radius 3 is 2.48 bits per heavy atom. The summed E-state index contributed by atoms with van der Waals surface area (Å²) in [5, 5.41) is 19.9. The SMILES string of the molecule is O=C(O)CCCC(=O)CSc1ccc2cc(O)ccc2c1. The van der Waals surface area contributed by atoms with E-state index in [9.17, 15) is 14.7 Å². The third-order valence-electron chi connectivity index (χ3n) is 3.04. The molecule has 0 bridgehead atoms. The highest BCUT2D eigenvalue weighted by molar-refractivity contribution is 8.00. The van der Waals surface area contributed by atoms with Gasteiger partial charge in [-0.1, -0.05) is 12.1 Å². The van der Waals surface area contributed by atoms with Gasteiger partial charge in [0.1, 0.15) is 11.5 Å². The normalized spacial score (nSPS) is 10.7. The van der Waals surface area contributed by atoms with E-state index in [1.165, 1.54) is 11.8 Å². The first-order valence-corrected chi connectivity index (χ1v) is 7.62. The van der Waals surface area contributed by atoms with Gasteiger partial charge in [-0.3, -0.25) is 9.59 Å². The van der Waals surface area contributed by atoms with Crippen LogP contribution in [0.5, 0.6) is 5.75 Å². The quantitative estimate of drug-likeness (QED) is 0.766. The van der Waals surface area contributed by atoms with Gasteiger partial charge in [0, 0.05) is 17.7 Å². The fourth-order valence-corrected chi connectivity index (χ4v) is 2.82. The summed E-state index contributed by atoms with van der Waals surface area (Å²) in [6, 6.07) is 11.0. The van der Waals surface area contributed by atoms with Crippen LogP contribution in [-0.2, 0) is 9.59 Å². The van der Waals surface area contributed by atoms with Crippen LogP contribution in [0.25, 0.3) is 10.8 Å². The molecule has 0 amide bonds. The second kappa shape index (κ2) is 7.13. The molecule has 2 N–H and O–H groups in total. The van der Waals surface area contributed by atoms with Crippen LogP contribution < -0.4 is 0 Å². The predicted molar refractivity (Wildman–Crippen MR) is 82.8 cm³/mol. The van der Waals surface area contributed by atoms with Gasteiger partial charge < -0.3 is 10.2 Å². The number of carbonyl (C=O) groups is 2. The highest BCUT2D eigenvalue weighted by Gasteiger charge is 2.06. The van der Waals surface area contributed by atoms with Crippen LogP contribution in [0.15, 0.2) is 41.3 Å². The van der Waals surface area contributed by atoms with Crippen LogP contribution in [0.2, 0.25) is 0 Å². The van der Waals surface area contributed by atoms with Gasteiger partial charge in [-0.05, 0) is 41.5 Å². The first-order chi connectivity index (χ1) is 10.0. The summed E-state index contributed by atoms with van der Waals surface area (Å²) >= 11 is 1.45. The number of ketones is 1. The number of carboxylic acids is 1. The van der Waals surface area contributed by atoms with Crippen molar-refractivity contribution in [1.82, 2.24) is 0 Å². The van der Waals surface area contributed by atoms with Crippen molar-refractivity contribution in [3.8, 4) is 5.75 Å². The smallest absolute Gasteiger partial charge is 0.303 e. The van der Waals surface area contributed by atoms with Crippen molar-refractivity contribution in [3.63, 3.8) is 0 Å². The number of hydrogen-bond donors (Lipinski definition) is 2. The van der Waals surface area contributed by atoms with Gasteiger partial charge in [-0.15, -0.1) is 11.8 Å². The molecular formula is C16H16O4S. The van der Waals surface area contributed by atoms with Crippen molar-refractivity contribution < 1.29 is 19.8 Å². The van der Waals surface area contributed by atoms with Crippen molar-refractivity contribution in [2.24, 2.45) is 0 Å². The van der Waals surface area contributed by atoms with Crippen molar-refractivity contribution in [1.29, 1.82) is 0 Å². The second-order valence-electron chi connectivity index (χ2n) is 4.77. The third kappa shape index (κ3) is 4.79. The number of hydrogen-bond acceptors (Lipinski definition) is 4. The van der Waals surface area contributed by atoms with Crippen molar-refractivity contribution >= 4 is 34.3 Å². The number of benzene rings is 2. The number of carboxylic acid groups (broad SMARTS) is 1. The summed E-state index contributed by atoms with van der Waals surface area (Å²) in [4.78, 5) is 23.0. The monoisotopic (exact) mass is 304 g/mol. The summed E-state index contributed by atoms with van der Waals surface area (Å²) in [6.07, 6.45) is 0.738. The minimum absolute atomic E-state index is 0.0376. The van der Waals surface area contributed by atoms with E-state index in [-0.39, 0.29) is 18.0 Å². The molecule has 0 spiro atoms. The molecule has 2 aromatic carbocycles. The number of aliphatic carboxylic acids is 1. The zero-order valence-corrected chi connectivity index (χ0v) is 12.2. The molecule has 0 atom stereocenters. The Labute approximate surface area is 126 Å². The van der Waals surface area contributed by atoms with E-state index in [1.807, 2.05) is 24.3 Å². The zero-order valence-electron chi connectivity index (χ0n) is 11.4. The number of carbonyl (C=O) groups excluding carboxylic acids is 1. The first-order valence-electron chi connectivity index (χ1n) is 6.63. The summed E-state index contributed by atoms with van der Waals surface area (Å²) in [7, 11) is 0. The van der Waals surface area contributed by atoms with E-state index in [2.05, 4.69) is 0 Å². The molecule has 0 radical (unpaired) electrons. The number of phenolic OH excluding ortho intramolecular Hbond substituents is 1. The molecule has 0 saturated heterocycles. The Morgan fingerprint density at radius 2 is 1.71 bits per heavy atom. The Kier molecular flexibility index (Phi) is 5.22. The lowest BCUT2D eigenvalue weighted by atomic mass is 10.1. The number of Topliss-reactive ketones (excluding diaryl/α,β-unsaturated/α-hetero) is 1. The summed E-state index contributed by atoms with van der Waals surface area (Å²) in [6.45, 7) is 0. The maximum absolute atomic E-state index is 11.7. The molecule has 0 aliphatic heterocycles. The van der Waals surface area contributed by atoms with Crippen molar-refractivity contribution in [2.75, 3.05) is 5.75 Å². The number of phenols is 1. The highest BCUT2D eigenvalue weighted by atomic mass is 32.2. The molecule has 0 aliphatic rings. The minimum Gasteiger partial charge on any atom is -0.508 e. The average molecular weight is 304 g/mol. The number of fused-ring (bicyclic) bond motifs is 1. The lowest BCUT2D eigenvalue weighted by Crippen LogP contribution is -2.03. The highest BCUT2D eigenvalue weighted by Crippen LogP contribution is 2.26. The Morgan fingerprint density at radius 1 is 1.00 bits per heavy atom. The fourth-order valence-electron chi connectivity index (χ4n) is 1.97. The number of thioether (sulfide) groups is 1. The molecule has 0 saturated carbocycles. The Balaban J connectivity index is 1.90. The molecule has 0 unspecified atom stereocenters. The molecule has 0 heterocycles. The fraction of sp³-hybridized carbons (Fsp3) is 0.250. The maximum atomic E-state index is 11.7. The van der Waals surface area contributed by atoms with Crippen molar-refractivity contribution in [2.45, 2.75) is 24.2 Å². The van der Waals surface area contributed by atoms with Crippen LogP contribution in [0.3, 0.4) is 0 Å². The maximum Gasteiger partial charge on any atom is 0.303 e. The van der Waals surface area contributed by atoms with E-state index in [0.717, 1.165) is 15.7 Å². The van der Waals surface area contributed by atoms with E-state index < -0.39 is 5.97 Å². The topological polar surface area (TPSA) is 74.6 Å². The molecule has 0 aliphatic carbocycles. The minimum atomic E-state index is -0.867. The van der Waals surface area contributed by atoms with Crippen LogP contribution >= 0.6 is 11.8 Å². The zero-order chi connectivity index (χ0) is 15.2. The molecule has 21 heavy (non-hydrogen) atoms. The lowest BCUT2D eigenvalue weighted by molar-refractivity contribution is -0.137. The van der Waals surface area contributed by atoms with Gasteiger partial charge in [0.15, 0.2) is 0 Å². The largest absolute Gasteiger partial charge is 0.508 e.